The minimum Gasteiger partial charge on any atom is -0.496 e. The number of likely N-dealkylation sites (N-methyl/N-ethyl adjacent to an activating group) is 1. The summed E-state index contributed by atoms with van der Waals surface area (Å²) in [7, 11) is 3.70. The third-order valence-electron chi connectivity index (χ3n) is 4.43. The molecule has 1 amide bonds. The lowest BCUT2D eigenvalue weighted by Gasteiger charge is -2.26. The van der Waals surface area contributed by atoms with Crippen LogP contribution in [0.5, 0.6) is 5.75 Å². The molecule has 0 saturated heterocycles. The number of carbonyl (C=O) groups is 1. The second-order valence-electron chi connectivity index (χ2n) is 6.19. The van der Waals surface area contributed by atoms with Crippen molar-refractivity contribution in [2.24, 2.45) is 0 Å². The van der Waals surface area contributed by atoms with E-state index in [0.29, 0.717) is 11.3 Å². The van der Waals surface area contributed by atoms with Gasteiger partial charge in [-0.05, 0) is 55.3 Å². The molecule has 3 rings (SSSR count). The van der Waals surface area contributed by atoms with E-state index in [-0.39, 0.29) is 5.91 Å². The van der Waals surface area contributed by atoms with Crippen molar-refractivity contribution in [3.05, 3.63) is 57.1 Å². The van der Waals surface area contributed by atoms with E-state index in [1.165, 1.54) is 11.1 Å². The zero-order valence-electron chi connectivity index (χ0n) is 14.1. The van der Waals surface area contributed by atoms with Gasteiger partial charge in [0.2, 0.25) is 0 Å². The number of hydrogen-bond acceptors (Lipinski definition) is 3. The second-order valence-corrected chi connectivity index (χ2v) is 7.04. The van der Waals surface area contributed by atoms with Crippen LogP contribution >= 0.6 is 15.9 Å². The van der Waals surface area contributed by atoms with Gasteiger partial charge in [0.15, 0.2) is 0 Å². The van der Waals surface area contributed by atoms with Crippen LogP contribution in [0.15, 0.2) is 34.8 Å². The molecule has 1 N–H and O–H groups in total. The molecule has 0 saturated carbocycles. The van der Waals surface area contributed by atoms with Gasteiger partial charge in [-0.25, -0.2) is 0 Å². The van der Waals surface area contributed by atoms with Gasteiger partial charge in [0.1, 0.15) is 5.75 Å². The molecule has 0 radical (unpaired) electrons. The number of fused-ring (bicyclic) bond motifs is 1. The van der Waals surface area contributed by atoms with Crippen molar-refractivity contribution < 1.29 is 9.53 Å². The average molecular weight is 389 g/mol. The summed E-state index contributed by atoms with van der Waals surface area (Å²) < 4.78 is 6.27. The summed E-state index contributed by atoms with van der Waals surface area (Å²) in [6.45, 7) is 3.89. The van der Waals surface area contributed by atoms with Crippen LogP contribution in [0.2, 0.25) is 0 Å². The summed E-state index contributed by atoms with van der Waals surface area (Å²) in [5.74, 6) is 0.428. The Hall–Kier alpha value is -1.85. The van der Waals surface area contributed by atoms with E-state index in [0.717, 1.165) is 35.2 Å². The van der Waals surface area contributed by atoms with E-state index in [9.17, 15) is 4.79 Å². The number of rotatable bonds is 3. The van der Waals surface area contributed by atoms with Crippen LogP contribution in [-0.2, 0) is 13.0 Å². The van der Waals surface area contributed by atoms with E-state index in [1.54, 1.807) is 7.11 Å². The molecule has 0 aliphatic carbocycles. The van der Waals surface area contributed by atoms with Crippen molar-refractivity contribution in [2.45, 2.75) is 19.9 Å². The van der Waals surface area contributed by atoms with Crippen LogP contribution in [0.3, 0.4) is 0 Å². The first kappa shape index (κ1) is 17.0. The quantitative estimate of drug-likeness (QED) is 0.863. The van der Waals surface area contributed by atoms with E-state index < -0.39 is 0 Å². The van der Waals surface area contributed by atoms with E-state index in [4.69, 9.17) is 4.74 Å². The normalized spacial score (nSPS) is 14.2. The zero-order valence-corrected chi connectivity index (χ0v) is 15.7. The van der Waals surface area contributed by atoms with Crippen molar-refractivity contribution in [3.63, 3.8) is 0 Å². The molecule has 0 bridgehead atoms. The van der Waals surface area contributed by atoms with Crippen molar-refractivity contribution in [1.29, 1.82) is 0 Å². The molecule has 0 fully saturated rings. The second kappa shape index (κ2) is 6.95. The molecule has 24 heavy (non-hydrogen) atoms. The third-order valence-corrected chi connectivity index (χ3v) is 5.28. The summed E-state index contributed by atoms with van der Waals surface area (Å²) in [5, 5.41) is 3.06. The molecule has 1 aliphatic rings. The van der Waals surface area contributed by atoms with Crippen molar-refractivity contribution in [1.82, 2.24) is 4.90 Å². The van der Waals surface area contributed by atoms with Gasteiger partial charge in [-0.2, -0.15) is 0 Å². The van der Waals surface area contributed by atoms with Crippen LogP contribution in [0.1, 0.15) is 27.0 Å². The van der Waals surface area contributed by atoms with Crippen LogP contribution in [0.25, 0.3) is 0 Å². The van der Waals surface area contributed by atoms with Gasteiger partial charge in [0.05, 0.1) is 12.7 Å². The molecule has 5 heteroatoms. The lowest BCUT2D eigenvalue weighted by atomic mass is 9.98. The fraction of sp³-hybridized carbons (Fsp3) is 0.316. The number of hydrogen-bond donors (Lipinski definition) is 1. The first-order valence-corrected chi connectivity index (χ1v) is 8.73. The molecule has 2 aromatic carbocycles. The fourth-order valence-electron chi connectivity index (χ4n) is 3.06. The number of ether oxygens (including phenoxy) is 1. The lowest BCUT2D eigenvalue weighted by molar-refractivity contribution is 0.102. The number of nitrogens with zero attached hydrogens (tertiary/aromatic N) is 1. The van der Waals surface area contributed by atoms with Gasteiger partial charge in [-0.1, -0.05) is 28.1 Å². The van der Waals surface area contributed by atoms with Gasteiger partial charge in [0, 0.05) is 23.2 Å². The summed E-state index contributed by atoms with van der Waals surface area (Å²) in [6.07, 6.45) is 0.941. The molecule has 4 nitrogen and oxygen atoms in total. The summed E-state index contributed by atoms with van der Waals surface area (Å²) in [6, 6.07) is 9.78. The molecule has 1 heterocycles. The van der Waals surface area contributed by atoms with Gasteiger partial charge >= 0.3 is 0 Å². The Morgan fingerprint density at radius 3 is 2.88 bits per heavy atom. The third kappa shape index (κ3) is 3.32. The molecule has 0 unspecified atom stereocenters. The smallest absolute Gasteiger partial charge is 0.259 e. The molecular formula is C19H21BrN2O2. The highest BCUT2D eigenvalue weighted by Gasteiger charge is 2.19. The number of nitrogens with one attached hydrogen (secondary N) is 1. The maximum Gasteiger partial charge on any atom is 0.259 e. The largest absolute Gasteiger partial charge is 0.496 e. The Morgan fingerprint density at radius 2 is 2.12 bits per heavy atom. The molecule has 1 aliphatic heterocycles. The molecular weight excluding hydrogens is 368 g/mol. The maximum atomic E-state index is 12.8. The fourth-order valence-corrected chi connectivity index (χ4v) is 3.40. The van der Waals surface area contributed by atoms with E-state index >= 15 is 0 Å². The van der Waals surface area contributed by atoms with Gasteiger partial charge in [-0.15, -0.1) is 0 Å². The average Bonchev–Trinajstić information content (AvgIpc) is 2.56. The number of anilines is 1. The number of methoxy groups -OCH3 is 1. The Morgan fingerprint density at radius 1 is 1.33 bits per heavy atom. The first-order valence-electron chi connectivity index (χ1n) is 7.94. The summed E-state index contributed by atoms with van der Waals surface area (Å²) >= 11 is 3.49. The van der Waals surface area contributed by atoms with Crippen molar-refractivity contribution in [3.8, 4) is 5.75 Å². The minimum absolute atomic E-state index is 0.153. The highest BCUT2D eigenvalue weighted by molar-refractivity contribution is 9.10. The molecule has 0 aromatic heterocycles. The van der Waals surface area contributed by atoms with Crippen LogP contribution in [-0.4, -0.2) is 31.5 Å². The highest BCUT2D eigenvalue weighted by Crippen LogP contribution is 2.30. The zero-order chi connectivity index (χ0) is 17.3. The van der Waals surface area contributed by atoms with Gasteiger partial charge in [-0.3, -0.25) is 4.79 Å². The maximum absolute atomic E-state index is 12.8. The number of amides is 1. The van der Waals surface area contributed by atoms with Crippen molar-refractivity contribution >= 4 is 27.5 Å². The molecule has 0 atom stereocenters. The van der Waals surface area contributed by atoms with Crippen LogP contribution in [0.4, 0.5) is 5.69 Å². The van der Waals surface area contributed by atoms with Crippen molar-refractivity contribution in [2.75, 3.05) is 26.0 Å². The Bertz CT molecular complexity index is 789. The number of aryl methyl sites for hydroxylation is 1. The predicted octanol–water partition coefficient (Wildman–Crippen LogP) is 4.01. The number of carbonyl (C=O) groups excluding carboxylic acids is 1. The number of halogens is 1. The SMILES string of the molecule is COc1cc(C)c(Br)cc1C(=O)Nc1cccc2c1CCN(C)C2. The molecule has 2 aromatic rings. The van der Waals surface area contributed by atoms with Gasteiger partial charge in [0.25, 0.3) is 5.91 Å². The van der Waals surface area contributed by atoms with Gasteiger partial charge < -0.3 is 15.0 Å². The monoisotopic (exact) mass is 388 g/mol. The lowest BCUT2D eigenvalue weighted by Crippen LogP contribution is -2.27. The van der Waals surface area contributed by atoms with E-state index in [1.807, 2.05) is 31.2 Å². The topological polar surface area (TPSA) is 41.6 Å². The minimum atomic E-state index is -0.153. The predicted molar refractivity (Wildman–Crippen MR) is 99.9 cm³/mol. The summed E-state index contributed by atoms with van der Waals surface area (Å²) in [4.78, 5) is 15.1. The standard InChI is InChI=1S/C19H21BrN2O2/c1-12-9-18(24-3)15(10-16(12)20)19(23)21-17-6-4-5-13-11-22(2)8-7-14(13)17/h4-6,9-10H,7-8,11H2,1-3H3,(H,21,23). The molecule has 126 valence electrons. The van der Waals surface area contributed by atoms with Crippen LogP contribution < -0.4 is 10.1 Å². The Kier molecular flexibility index (Phi) is 4.92. The highest BCUT2D eigenvalue weighted by atomic mass is 79.9. The first-order chi connectivity index (χ1) is 11.5. The molecule has 0 spiro atoms. The Balaban J connectivity index is 1.91. The van der Waals surface area contributed by atoms with Crippen LogP contribution in [0, 0.1) is 6.92 Å². The summed E-state index contributed by atoms with van der Waals surface area (Å²) in [5.41, 5.74) is 4.96. The number of benzene rings is 2. The Labute approximate surface area is 150 Å². The van der Waals surface area contributed by atoms with E-state index in [2.05, 4.69) is 39.3 Å².